The Labute approximate surface area is 107 Å². The number of hydrogen-bond donors (Lipinski definition) is 3. The van der Waals surface area contributed by atoms with Crippen molar-refractivity contribution in [2.24, 2.45) is 0 Å². The van der Waals surface area contributed by atoms with Crippen LogP contribution in [0.5, 0.6) is 0 Å². The first-order chi connectivity index (χ1) is 7.89. The van der Waals surface area contributed by atoms with Gasteiger partial charge in [-0.05, 0) is 20.8 Å². The molecule has 2 amide bonds. The number of carbonyl (C=O) groups excluding carboxylic acids is 2. The predicted molar refractivity (Wildman–Crippen MR) is 66.1 cm³/mol. The van der Waals surface area contributed by atoms with Gasteiger partial charge in [0.15, 0.2) is 0 Å². The van der Waals surface area contributed by atoms with Crippen LogP contribution >= 0.6 is 0 Å². The molecule has 0 saturated carbocycles. The Bertz CT molecular complexity index is 307. The molecule has 0 aliphatic heterocycles. The van der Waals surface area contributed by atoms with Gasteiger partial charge in [0.05, 0.1) is 0 Å². The average molecular weight is 258 g/mol. The second-order valence-electron chi connectivity index (χ2n) is 5.28. The van der Waals surface area contributed by atoms with Crippen molar-refractivity contribution in [1.29, 1.82) is 5.41 Å². The van der Waals surface area contributed by atoms with E-state index in [9.17, 15) is 9.59 Å². The van der Waals surface area contributed by atoms with E-state index in [-0.39, 0.29) is 0 Å². The Hall–Kier alpha value is -1.92. The molecule has 18 heavy (non-hydrogen) atoms. The molecule has 0 aromatic carbocycles. The van der Waals surface area contributed by atoms with Crippen molar-refractivity contribution in [3.63, 3.8) is 0 Å². The van der Waals surface area contributed by atoms with Crippen LogP contribution in [0.25, 0.3) is 0 Å². The fraction of sp³-hybridized carbons (Fsp3) is 0.636. The van der Waals surface area contributed by atoms with Gasteiger partial charge in [0.2, 0.25) is 11.6 Å². The number of hydrogen-bond acceptors (Lipinski definition) is 5. The summed E-state index contributed by atoms with van der Waals surface area (Å²) in [5, 5.41) is 11.4. The zero-order chi connectivity index (χ0) is 14.6. The standard InChI is InChI=1S/C11H19N3O4/c1-10(2,3)17-8(15)13-7(12)14-9(16)18-11(4,5)6/h1H2,2-6H3,(H2-,12,13,14,15,16)/p+1. The smallest absolute Gasteiger partial charge is 0.417 e. The first kappa shape index (κ1) is 16.1. The molecule has 0 heterocycles. The molecule has 7 nitrogen and oxygen atoms in total. The predicted octanol–water partition coefficient (Wildman–Crippen LogP) is 1.78. The SMILES string of the molecule is [CH2+]C(C)(C)OC(=O)NC(=N)NC(=O)OC(C)(C)C. The molecule has 0 aliphatic carbocycles. The van der Waals surface area contributed by atoms with E-state index >= 15 is 0 Å². The molecule has 0 fully saturated rings. The van der Waals surface area contributed by atoms with Gasteiger partial charge in [0.1, 0.15) is 12.5 Å². The van der Waals surface area contributed by atoms with E-state index in [1.165, 1.54) is 0 Å². The minimum Gasteiger partial charge on any atom is -0.444 e. The van der Waals surface area contributed by atoms with Gasteiger partial charge in [0, 0.05) is 13.8 Å². The first-order valence-corrected chi connectivity index (χ1v) is 5.33. The molecule has 3 N–H and O–H groups in total. The maximum absolute atomic E-state index is 11.3. The molecular formula is C11H20N3O4+. The highest BCUT2D eigenvalue weighted by molar-refractivity contribution is 5.99. The molecule has 0 atom stereocenters. The van der Waals surface area contributed by atoms with Crippen LogP contribution in [0.2, 0.25) is 0 Å². The maximum Gasteiger partial charge on any atom is 0.417 e. The van der Waals surface area contributed by atoms with E-state index < -0.39 is 29.3 Å². The van der Waals surface area contributed by atoms with Crippen molar-refractivity contribution in [2.45, 2.75) is 45.8 Å². The summed E-state index contributed by atoms with van der Waals surface area (Å²) in [7, 11) is 0. The van der Waals surface area contributed by atoms with Crippen LogP contribution in [0.15, 0.2) is 0 Å². The van der Waals surface area contributed by atoms with Gasteiger partial charge in [-0.3, -0.25) is 16.0 Å². The average Bonchev–Trinajstić information content (AvgIpc) is 1.92. The lowest BCUT2D eigenvalue weighted by Gasteiger charge is -2.20. The van der Waals surface area contributed by atoms with Crippen LogP contribution in [0, 0.1) is 12.3 Å². The van der Waals surface area contributed by atoms with E-state index in [2.05, 4.69) is 6.92 Å². The Morgan fingerprint density at radius 1 is 1.00 bits per heavy atom. The highest BCUT2D eigenvalue weighted by Gasteiger charge is 2.24. The second-order valence-corrected chi connectivity index (χ2v) is 5.28. The van der Waals surface area contributed by atoms with E-state index in [4.69, 9.17) is 14.9 Å². The lowest BCUT2D eigenvalue weighted by Crippen LogP contribution is -2.46. The maximum atomic E-state index is 11.3. The number of amides is 2. The number of guanidine groups is 1. The topological polar surface area (TPSA) is 101 Å². The number of alkyl carbamates (subject to hydrolysis) is 2. The van der Waals surface area contributed by atoms with Gasteiger partial charge in [0.25, 0.3) is 0 Å². The van der Waals surface area contributed by atoms with Crippen LogP contribution in [0.3, 0.4) is 0 Å². The third-order valence-corrected chi connectivity index (χ3v) is 1.22. The Balaban J connectivity index is 4.13. The summed E-state index contributed by atoms with van der Waals surface area (Å²) in [6.07, 6.45) is -1.71. The van der Waals surface area contributed by atoms with Gasteiger partial charge in [-0.1, -0.05) is 0 Å². The monoisotopic (exact) mass is 258 g/mol. The van der Waals surface area contributed by atoms with E-state index in [1.54, 1.807) is 34.6 Å². The van der Waals surface area contributed by atoms with Crippen LogP contribution in [0.4, 0.5) is 9.59 Å². The molecule has 0 aromatic rings. The van der Waals surface area contributed by atoms with Gasteiger partial charge in [-0.15, -0.1) is 0 Å². The Morgan fingerprint density at radius 2 is 1.39 bits per heavy atom. The molecule has 7 heteroatoms. The van der Waals surface area contributed by atoms with Crippen LogP contribution in [0.1, 0.15) is 34.6 Å². The first-order valence-electron chi connectivity index (χ1n) is 5.33. The summed E-state index contributed by atoms with van der Waals surface area (Å²) in [6.45, 7) is 11.8. The fourth-order valence-corrected chi connectivity index (χ4v) is 0.815. The van der Waals surface area contributed by atoms with Gasteiger partial charge < -0.3 is 9.47 Å². The minimum absolute atomic E-state index is 0.529. The summed E-state index contributed by atoms with van der Waals surface area (Å²) in [6, 6.07) is 0. The molecule has 0 aliphatic rings. The molecule has 102 valence electrons. The minimum atomic E-state index is -0.920. The van der Waals surface area contributed by atoms with Crippen molar-refractivity contribution in [2.75, 3.05) is 0 Å². The number of nitrogens with one attached hydrogen (secondary N) is 3. The molecule has 0 aromatic heterocycles. The summed E-state index contributed by atoms with van der Waals surface area (Å²) in [5.41, 5.74) is -1.60. The van der Waals surface area contributed by atoms with Crippen LogP contribution < -0.4 is 10.6 Å². The summed E-state index contributed by atoms with van der Waals surface area (Å²) in [4.78, 5) is 22.5. The van der Waals surface area contributed by atoms with Crippen molar-refractivity contribution in [1.82, 2.24) is 10.6 Å². The number of rotatable bonds is 1. The van der Waals surface area contributed by atoms with Gasteiger partial charge >= 0.3 is 12.2 Å². The zero-order valence-corrected chi connectivity index (χ0v) is 11.3. The molecule has 0 saturated heterocycles. The normalized spacial score (nSPS) is 11.4. The second kappa shape index (κ2) is 5.61. The van der Waals surface area contributed by atoms with Gasteiger partial charge in [-0.25, -0.2) is 9.59 Å². The quantitative estimate of drug-likeness (QED) is 0.379. The zero-order valence-electron chi connectivity index (χ0n) is 11.3. The third-order valence-electron chi connectivity index (χ3n) is 1.22. The van der Waals surface area contributed by atoms with Crippen molar-refractivity contribution in [3.05, 3.63) is 6.92 Å². The molecule has 0 radical (unpaired) electrons. The molecular weight excluding hydrogens is 238 g/mol. The molecule has 0 rings (SSSR count). The van der Waals surface area contributed by atoms with Crippen molar-refractivity contribution >= 4 is 18.1 Å². The number of carbonyl (C=O) groups is 2. The van der Waals surface area contributed by atoms with E-state index in [0.717, 1.165) is 0 Å². The van der Waals surface area contributed by atoms with Gasteiger partial charge in [-0.2, -0.15) is 0 Å². The Kier molecular flexibility index (Phi) is 5.01. The molecule has 0 spiro atoms. The lowest BCUT2D eigenvalue weighted by atomic mass is 10.2. The molecule has 0 unspecified atom stereocenters. The largest absolute Gasteiger partial charge is 0.444 e. The highest BCUT2D eigenvalue weighted by atomic mass is 16.6. The van der Waals surface area contributed by atoms with Crippen molar-refractivity contribution < 1.29 is 19.1 Å². The third kappa shape index (κ3) is 9.32. The fourth-order valence-electron chi connectivity index (χ4n) is 0.815. The lowest BCUT2D eigenvalue weighted by molar-refractivity contribution is 0.0560. The van der Waals surface area contributed by atoms with Crippen LogP contribution in [-0.2, 0) is 9.47 Å². The summed E-state index contributed by atoms with van der Waals surface area (Å²) < 4.78 is 9.69. The van der Waals surface area contributed by atoms with Crippen LogP contribution in [-0.4, -0.2) is 29.3 Å². The summed E-state index contributed by atoms with van der Waals surface area (Å²) in [5.74, 6) is -0.529. The summed E-state index contributed by atoms with van der Waals surface area (Å²) >= 11 is 0. The Morgan fingerprint density at radius 3 is 1.72 bits per heavy atom. The molecule has 0 bridgehead atoms. The number of ether oxygens (including phenoxy) is 2. The van der Waals surface area contributed by atoms with Crippen molar-refractivity contribution in [3.8, 4) is 0 Å². The van der Waals surface area contributed by atoms with E-state index in [1.807, 2.05) is 10.6 Å². The highest BCUT2D eigenvalue weighted by Crippen LogP contribution is 2.07. The van der Waals surface area contributed by atoms with E-state index in [0.29, 0.717) is 0 Å².